The van der Waals surface area contributed by atoms with Gasteiger partial charge >= 0.3 is 7.12 Å². The second-order valence-corrected chi connectivity index (χ2v) is 13.9. The molecule has 1 aromatic heterocycles. The Morgan fingerprint density at radius 1 is 0.816 bits per heavy atom. The lowest BCUT2D eigenvalue weighted by molar-refractivity contribution is 0.00578. The Kier molecular flexibility index (Phi) is 10.5. The minimum Gasteiger partial charge on any atom is -0.399 e. The second kappa shape index (κ2) is 12.1. The van der Waals surface area contributed by atoms with Gasteiger partial charge in [0.2, 0.25) is 0 Å². The first-order chi connectivity index (χ1) is 17.0. The van der Waals surface area contributed by atoms with Crippen molar-refractivity contribution in [3.8, 4) is 11.3 Å². The van der Waals surface area contributed by atoms with Crippen LogP contribution in [0.3, 0.4) is 0 Å². The number of benzene rings is 2. The van der Waals surface area contributed by atoms with Gasteiger partial charge in [-0.15, -0.1) is 0 Å². The average Bonchev–Trinajstić information content (AvgIpc) is 3.07. The number of hydrogen-bond acceptors (Lipinski definition) is 3. The molecule has 0 radical (unpaired) electrons. The van der Waals surface area contributed by atoms with Gasteiger partial charge in [-0.1, -0.05) is 52.5 Å². The third kappa shape index (κ3) is 6.91. The van der Waals surface area contributed by atoms with E-state index in [4.69, 9.17) is 9.31 Å². The van der Waals surface area contributed by atoms with Gasteiger partial charge in [0.25, 0.3) is 0 Å². The van der Waals surface area contributed by atoms with Gasteiger partial charge in [0, 0.05) is 19.8 Å². The standard InChI is InChI=1S/C21H28BNO2.C10H12BrI.CH4/c1-19(2,3)16-12-13-23-18(14-16)15-8-10-17(11-9-15)22-24-20(4,5)21(6,7)25-22;1-5-6(2)8(4)10(12)9(11)7(5)3;/h8-14H,1-7H3;1-4H3;1H4. The maximum Gasteiger partial charge on any atom is 0.494 e. The Balaban J connectivity index is 0.000000330. The van der Waals surface area contributed by atoms with E-state index < -0.39 is 0 Å². The van der Waals surface area contributed by atoms with Crippen molar-refractivity contribution in [3.63, 3.8) is 0 Å². The molecule has 1 aliphatic rings. The first-order valence-corrected chi connectivity index (χ1v) is 14.7. The summed E-state index contributed by atoms with van der Waals surface area (Å²) in [4.78, 5) is 4.53. The van der Waals surface area contributed by atoms with E-state index in [1.54, 1.807) is 0 Å². The number of nitrogens with zero attached hydrogens (tertiary/aromatic N) is 1. The summed E-state index contributed by atoms with van der Waals surface area (Å²) >= 11 is 6.00. The van der Waals surface area contributed by atoms with Crippen LogP contribution in [-0.2, 0) is 14.7 Å². The van der Waals surface area contributed by atoms with Crippen LogP contribution in [0, 0.1) is 31.3 Å². The van der Waals surface area contributed by atoms with E-state index in [1.165, 1.54) is 35.9 Å². The third-order valence-corrected chi connectivity index (χ3v) is 11.0. The lowest BCUT2D eigenvalue weighted by atomic mass is 9.78. The smallest absolute Gasteiger partial charge is 0.399 e. The van der Waals surface area contributed by atoms with Crippen LogP contribution in [0.1, 0.15) is 83.7 Å². The molecule has 0 amide bonds. The zero-order chi connectivity index (χ0) is 27.9. The van der Waals surface area contributed by atoms with Gasteiger partial charge in [-0.2, -0.15) is 0 Å². The molecule has 0 N–H and O–H groups in total. The maximum absolute atomic E-state index is 6.12. The molecule has 2 aromatic carbocycles. The molecule has 6 heteroatoms. The molecule has 0 bridgehead atoms. The van der Waals surface area contributed by atoms with E-state index in [1.807, 2.05) is 6.20 Å². The summed E-state index contributed by atoms with van der Waals surface area (Å²) < 4.78 is 14.8. The second-order valence-electron chi connectivity index (χ2n) is 12.0. The molecule has 0 spiro atoms. The van der Waals surface area contributed by atoms with E-state index in [2.05, 4.69) is 156 Å². The highest BCUT2D eigenvalue weighted by atomic mass is 127. The van der Waals surface area contributed by atoms with Gasteiger partial charge in [0.05, 0.1) is 16.9 Å². The lowest BCUT2D eigenvalue weighted by Crippen LogP contribution is -2.41. The van der Waals surface area contributed by atoms with Crippen LogP contribution >= 0.6 is 38.5 Å². The average molecular weight is 692 g/mol. The molecule has 1 aliphatic heterocycles. The van der Waals surface area contributed by atoms with Crippen molar-refractivity contribution in [1.82, 2.24) is 4.98 Å². The Morgan fingerprint density at radius 2 is 1.32 bits per heavy atom. The van der Waals surface area contributed by atoms with Crippen molar-refractivity contribution < 1.29 is 9.31 Å². The molecule has 1 fully saturated rings. The van der Waals surface area contributed by atoms with E-state index >= 15 is 0 Å². The Morgan fingerprint density at radius 3 is 1.82 bits per heavy atom. The van der Waals surface area contributed by atoms with Crippen molar-refractivity contribution in [2.45, 2.75) is 100 Å². The summed E-state index contributed by atoms with van der Waals surface area (Å²) in [6, 6.07) is 12.6. The van der Waals surface area contributed by atoms with Crippen LogP contribution in [0.5, 0.6) is 0 Å². The number of halogens is 2. The zero-order valence-electron chi connectivity index (χ0n) is 24.1. The number of rotatable bonds is 2. The largest absolute Gasteiger partial charge is 0.494 e. The van der Waals surface area contributed by atoms with Crippen LogP contribution in [0.4, 0.5) is 0 Å². The molecule has 4 rings (SSSR count). The van der Waals surface area contributed by atoms with Gasteiger partial charge < -0.3 is 9.31 Å². The molecule has 3 aromatic rings. The lowest BCUT2D eigenvalue weighted by Gasteiger charge is -2.32. The molecular formula is C32H44BBrINO2. The van der Waals surface area contributed by atoms with Crippen molar-refractivity contribution in [2.24, 2.45) is 0 Å². The highest BCUT2D eigenvalue weighted by Crippen LogP contribution is 2.36. The summed E-state index contributed by atoms with van der Waals surface area (Å²) in [5.41, 5.74) is 9.46. The fourth-order valence-corrected chi connectivity index (χ4v) is 5.47. The van der Waals surface area contributed by atoms with Gasteiger partial charge in [-0.25, -0.2) is 0 Å². The van der Waals surface area contributed by atoms with E-state index in [9.17, 15) is 0 Å². The molecule has 0 saturated carbocycles. The molecule has 0 aliphatic carbocycles. The SMILES string of the molecule is C.CC(C)(C)c1ccnc(-c2ccc(B3OC(C)(C)C(C)(C)O3)cc2)c1.Cc1c(C)c(C)c(I)c(Br)c1C. The normalized spacial score (nSPS) is 16.0. The molecule has 0 unspecified atom stereocenters. The van der Waals surface area contributed by atoms with Crippen LogP contribution in [0.15, 0.2) is 47.1 Å². The Bertz CT molecular complexity index is 1160. The maximum atomic E-state index is 6.12. The first-order valence-electron chi connectivity index (χ1n) is 12.8. The highest BCUT2D eigenvalue weighted by molar-refractivity contribution is 14.1. The topological polar surface area (TPSA) is 31.4 Å². The van der Waals surface area contributed by atoms with E-state index in [0.717, 1.165) is 16.7 Å². The van der Waals surface area contributed by atoms with Crippen molar-refractivity contribution >= 4 is 51.1 Å². The van der Waals surface area contributed by atoms with Crippen molar-refractivity contribution in [2.75, 3.05) is 0 Å². The fourth-order valence-electron chi connectivity index (χ4n) is 4.07. The quantitative estimate of drug-likeness (QED) is 0.198. The summed E-state index contributed by atoms with van der Waals surface area (Å²) in [6.45, 7) is 23.6. The molecule has 1 saturated heterocycles. The molecule has 3 nitrogen and oxygen atoms in total. The highest BCUT2D eigenvalue weighted by Gasteiger charge is 2.51. The number of pyridine rings is 1. The zero-order valence-corrected chi connectivity index (χ0v) is 27.9. The van der Waals surface area contributed by atoms with E-state index in [-0.39, 0.29) is 31.2 Å². The minimum absolute atomic E-state index is 0. The molecular weight excluding hydrogens is 648 g/mol. The predicted octanol–water partition coefficient (Wildman–Crippen LogP) is 9.27. The molecule has 0 atom stereocenters. The van der Waals surface area contributed by atoms with Crippen molar-refractivity contribution in [1.29, 1.82) is 0 Å². The molecule has 2 heterocycles. The third-order valence-electron chi connectivity index (χ3n) is 7.90. The number of aromatic nitrogens is 1. The van der Waals surface area contributed by atoms with Gasteiger partial charge in [-0.05, 0) is 145 Å². The first kappa shape index (κ1) is 33.0. The monoisotopic (exact) mass is 691 g/mol. The van der Waals surface area contributed by atoms with Crippen LogP contribution in [-0.4, -0.2) is 23.3 Å². The summed E-state index contributed by atoms with van der Waals surface area (Å²) in [7, 11) is -0.326. The predicted molar refractivity (Wildman–Crippen MR) is 177 cm³/mol. The van der Waals surface area contributed by atoms with Crippen LogP contribution in [0.2, 0.25) is 0 Å². The van der Waals surface area contributed by atoms with E-state index in [0.29, 0.717) is 0 Å². The number of hydrogen-bond donors (Lipinski definition) is 0. The van der Waals surface area contributed by atoms with Crippen LogP contribution in [0.25, 0.3) is 11.3 Å². The van der Waals surface area contributed by atoms with Gasteiger partial charge in [0.15, 0.2) is 0 Å². The Hall–Kier alpha value is -1.22. The minimum atomic E-state index is -0.326. The van der Waals surface area contributed by atoms with Crippen LogP contribution < -0.4 is 5.46 Å². The summed E-state index contributed by atoms with van der Waals surface area (Å²) in [6.07, 6.45) is 1.89. The van der Waals surface area contributed by atoms with Gasteiger partial charge in [0.1, 0.15) is 0 Å². The fraction of sp³-hybridized carbons (Fsp3) is 0.469. The summed E-state index contributed by atoms with van der Waals surface area (Å²) in [5, 5.41) is 0. The van der Waals surface area contributed by atoms with Gasteiger partial charge in [-0.3, -0.25) is 4.98 Å². The molecule has 38 heavy (non-hydrogen) atoms. The molecule has 206 valence electrons. The summed E-state index contributed by atoms with van der Waals surface area (Å²) in [5.74, 6) is 0. The Labute approximate surface area is 253 Å². The van der Waals surface area contributed by atoms with Crippen molar-refractivity contribution in [3.05, 3.63) is 78.5 Å².